The Morgan fingerprint density at radius 2 is 2.00 bits per heavy atom. The molecule has 0 saturated heterocycles. The lowest BCUT2D eigenvalue weighted by Gasteiger charge is -2.04. The first-order valence-electron chi connectivity index (χ1n) is 7.42. The average Bonchev–Trinajstić information content (AvgIpc) is 2.93. The first kappa shape index (κ1) is 16.0. The Morgan fingerprint density at radius 3 is 2.82 bits per heavy atom. The van der Waals surface area contributed by atoms with Crippen molar-refractivity contribution in [1.29, 1.82) is 0 Å². The van der Waals surface area contributed by atoms with Crippen molar-refractivity contribution in [3.63, 3.8) is 0 Å². The summed E-state index contributed by atoms with van der Waals surface area (Å²) in [5.74, 6) is 4.35. The van der Waals surface area contributed by atoms with Crippen LogP contribution in [0.5, 0.6) is 0 Å². The van der Waals surface area contributed by atoms with Crippen LogP contribution in [0, 0.1) is 0 Å². The highest BCUT2D eigenvalue weighted by molar-refractivity contribution is 5.88. The normalized spacial score (nSPS) is 10.6. The summed E-state index contributed by atoms with van der Waals surface area (Å²) in [4.78, 5) is 30.0. The molecule has 0 saturated carbocycles. The first-order chi connectivity index (χ1) is 10.7. The fourth-order valence-electron chi connectivity index (χ4n) is 2.37. The van der Waals surface area contributed by atoms with Gasteiger partial charge in [0.2, 0.25) is 5.91 Å². The monoisotopic (exact) mass is 303 g/mol. The minimum atomic E-state index is -0.400. The van der Waals surface area contributed by atoms with Gasteiger partial charge in [-0.05, 0) is 24.5 Å². The van der Waals surface area contributed by atoms with E-state index >= 15 is 0 Å². The van der Waals surface area contributed by atoms with Gasteiger partial charge in [-0.3, -0.25) is 9.59 Å². The quantitative estimate of drug-likeness (QED) is 0.511. The molecular weight excluding hydrogens is 282 g/mol. The molecular formula is C16H21N3O3. The van der Waals surface area contributed by atoms with Crippen molar-refractivity contribution in [3.05, 3.63) is 36.0 Å². The van der Waals surface area contributed by atoms with Gasteiger partial charge in [-0.2, -0.15) is 5.90 Å². The van der Waals surface area contributed by atoms with E-state index in [2.05, 4.69) is 15.1 Å². The van der Waals surface area contributed by atoms with Gasteiger partial charge in [0.1, 0.15) is 0 Å². The van der Waals surface area contributed by atoms with Crippen LogP contribution in [-0.4, -0.2) is 23.4 Å². The smallest absolute Gasteiger partial charge is 0.324 e. The molecule has 2 aromatic rings. The molecule has 0 radical (unpaired) electrons. The molecule has 0 aliphatic carbocycles. The number of H-pyrrole nitrogens is 1. The Balaban J connectivity index is 1.67. The van der Waals surface area contributed by atoms with Crippen molar-refractivity contribution >= 4 is 22.8 Å². The third-order valence-electron chi connectivity index (χ3n) is 3.54. The zero-order valence-electron chi connectivity index (χ0n) is 12.4. The fraction of sp³-hybridized carbons (Fsp3) is 0.375. The Hall–Kier alpha value is -2.34. The number of benzene rings is 1. The first-order valence-corrected chi connectivity index (χ1v) is 7.42. The second-order valence-electron chi connectivity index (χ2n) is 5.19. The number of aromatic amines is 1. The van der Waals surface area contributed by atoms with Crippen LogP contribution in [0.2, 0.25) is 0 Å². The minimum absolute atomic E-state index is 0.00567. The molecule has 118 valence electrons. The van der Waals surface area contributed by atoms with Crippen LogP contribution in [0.3, 0.4) is 0 Å². The number of aromatic nitrogens is 1. The van der Waals surface area contributed by atoms with Gasteiger partial charge >= 0.3 is 5.97 Å². The second-order valence-corrected chi connectivity index (χ2v) is 5.19. The van der Waals surface area contributed by atoms with Gasteiger partial charge in [-0.15, -0.1) is 0 Å². The molecule has 0 fully saturated rings. The molecule has 1 amide bonds. The third-order valence-corrected chi connectivity index (χ3v) is 3.54. The number of rotatable bonds is 8. The largest absolute Gasteiger partial charge is 0.373 e. The summed E-state index contributed by atoms with van der Waals surface area (Å²) < 4.78 is 0. The summed E-state index contributed by atoms with van der Waals surface area (Å²) >= 11 is 0. The van der Waals surface area contributed by atoms with Crippen molar-refractivity contribution < 1.29 is 14.4 Å². The zero-order valence-corrected chi connectivity index (χ0v) is 12.4. The van der Waals surface area contributed by atoms with Crippen LogP contribution in [0.4, 0.5) is 0 Å². The maximum absolute atomic E-state index is 11.9. The number of hydrogen-bond acceptors (Lipinski definition) is 4. The van der Waals surface area contributed by atoms with Gasteiger partial charge < -0.3 is 15.1 Å². The Labute approximate surface area is 129 Å². The zero-order chi connectivity index (χ0) is 15.8. The number of carbonyl (C=O) groups excluding carboxylic acids is 2. The maximum Gasteiger partial charge on any atom is 0.324 e. The van der Waals surface area contributed by atoms with Crippen molar-refractivity contribution in [1.82, 2.24) is 10.3 Å². The Bertz CT molecular complexity index is 636. The number of nitrogens with two attached hydrogens (primary N) is 1. The van der Waals surface area contributed by atoms with Gasteiger partial charge in [-0.25, -0.2) is 0 Å². The van der Waals surface area contributed by atoms with E-state index in [4.69, 9.17) is 5.90 Å². The van der Waals surface area contributed by atoms with Crippen LogP contribution in [0.1, 0.15) is 31.2 Å². The number of carbonyl (C=O) groups is 2. The molecule has 1 heterocycles. The molecule has 0 aliphatic rings. The number of unbranched alkanes of at least 4 members (excludes halogenated alkanes) is 2. The molecule has 0 atom stereocenters. The van der Waals surface area contributed by atoms with Crippen LogP contribution in [-0.2, 0) is 20.8 Å². The van der Waals surface area contributed by atoms with Crippen LogP contribution >= 0.6 is 0 Å². The van der Waals surface area contributed by atoms with Crippen LogP contribution in [0.25, 0.3) is 10.9 Å². The van der Waals surface area contributed by atoms with Gasteiger partial charge in [0, 0.05) is 30.1 Å². The van der Waals surface area contributed by atoms with E-state index in [-0.39, 0.29) is 5.91 Å². The predicted molar refractivity (Wildman–Crippen MR) is 83.8 cm³/mol. The molecule has 1 aromatic carbocycles. The van der Waals surface area contributed by atoms with E-state index in [1.165, 1.54) is 0 Å². The number of para-hydroxylation sites is 1. The van der Waals surface area contributed by atoms with Crippen LogP contribution < -0.4 is 11.2 Å². The second kappa shape index (κ2) is 8.19. The van der Waals surface area contributed by atoms with Gasteiger partial charge in [0.25, 0.3) is 0 Å². The van der Waals surface area contributed by atoms with E-state index in [0.29, 0.717) is 25.8 Å². The van der Waals surface area contributed by atoms with Crippen molar-refractivity contribution in [2.24, 2.45) is 5.90 Å². The standard InChI is InChI=1S/C16H21N3O3/c17-22-16(21)8-2-1-5-9-18-15(20)10-12-11-19-14-7-4-3-6-13(12)14/h3-4,6-7,11,19H,1-2,5,8-10,17H2,(H,18,20). The highest BCUT2D eigenvalue weighted by Gasteiger charge is 2.08. The highest BCUT2D eigenvalue weighted by Crippen LogP contribution is 2.17. The number of nitrogens with one attached hydrogen (secondary N) is 2. The summed E-state index contributed by atoms with van der Waals surface area (Å²) in [5, 5.41) is 3.98. The molecule has 0 bridgehead atoms. The predicted octanol–water partition coefficient (Wildman–Crippen LogP) is 1.80. The Morgan fingerprint density at radius 1 is 1.18 bits per heavy atom. The summed E-state index contributed by atoms with van der Waals surface area (Å²) in [7, 11) is 0. The lowest BCUT2D eigenvalue weighted by molar-refractivity contribution is -0.144. The lowest BCUT2D eigenvalue weighted by Crippen LogP contribution is -2.26. The maximum atomic E-state index is 11.9. The van der Waals surface area contributed by atoms with Gasteiger partial charge in [-0.1, -0.05) is 24.6 Å². The van der Waals surface area contributed by atoms with Crippen molar-refractivity contribution in [3.8, 4) is 0 Å². The van der Waals surface area contributed by atoms with E-state index in [0.717, 1.165) is 29.3 Å². The van der Waals surface area contributed by atoms with Gasteiger partial charge in [0.15, 0.2) is 0 Å². The molecule has 6 nitrogen and oxygen atoms in total. The molecule has 6 heteroatoms. The average molecular weight is 303 g/mol. The van der Waals surface area contributed by atoms with Crippen molar-refractivity contribution in [2.75, 3.05) is 6.54 Å². The molecule has 1 aromatic heterocycles. The molecule has 0 spiro atoms. The fourth-order valence-corrected chi connectivity index (χ4v) is 2.37. The molecule has 2 rings (SSSR count). The minimum Gasteiger partial charge on any atom is -0.373 e. The summed E-state index contributed by atoms with van der Waals surface area (Å²) in [6, 6.07) is 7.92. The third kappa shape index (κ3) is 4.60. The van der Waals surface area contributed by atoms with E-state index in [1.54, 1.807) is 0 Å². The topological polar surface area (TPSA) is 97.2 Å². The highest BCUT2D eigenvalue weighted by atomic mass is 16.7. The number of hydrogen-bond donors (Lipinski definition) is 3. The number of fused-ring (bicyclic) bond motifs is 1. The number of amides is 1. The van der Waals surface area contributed by atoms with Crippen LogP contribution in [0.15, 0.2) is 30.5 Å². The van der Waals surface area contributed by atoms with Crippen molar-refractivity contribution in [2.45, 2.75) is 32.1 Å². The summed E-state index contributed by atoms with van der Waals surface area (Å²) in [6.45, 7) is 0.610. The SMILES string of the molecule is NOC(=O)CCCCCNC(=O)Cc1c[nH]c2ccccc12. The van der Waals surface area contributed by atoms with E-state index < -0.39 is 5.97 Å². The molecule has 0 unspecified atom stereocenters. The summed E-state index contributed by atoms with van der Waals surface area (Å²) in [6.07, 6.45) is 4.96. The van der Waals surface area contributed by atoms with E-state index in [9.17, 15) is 9.59 Å². The Kier molecular flexibility index (Phi) is 5.97. The van der Waals surface area contributed by atoms with Gasteiger partial charge in [0.05, 0.1) is 6.42 Å². The summed E-state index contributed by atoms with van der Waals surface area (Å²) in [5.41, 5.74) is 2.04. The van der Waals surface area contributed by atoms with E-state index in [1.807, 2.05) is 30.5 Å². The lowest BCUT2D eigenvalue weighted by atomic mass is 10.1. The molecule has 22 heavy (non-hydrogen) atoms. The molecule has 4 N–H and O–H groups in total. The molecule has 0 aliphatic heterocycles.